The number of carboxylic acid groups (broad SMARTS) is 1. The fourth-order valence-corrected chi connectivity index (χ4v) is 2.42. The Morgan fingerprint density at radius 3 is 2.79 bits per heavy atom. The smallest absolute Gasteiger partial charge is 0.320 e. The van der Waals surface area contributed by atoms with E-state index in [1.54, 1.807) is 12.1 Å². The second kappa shape index (κ2) is 7.94. The van der Waals surface area contributed by atoms with Crippen molar-refractivity contribution in [2.75, 3.05) is 20.6 Å². The molecule has 0 fully saturated rings. The number of benzene rings is 1. The lowest BCUT2D eigenvalue weighted by Gasteiger charge is -2.11. The number of hydrogen-bond acceptors (Lipinski definition) is 5. The Balaban J connectivity index is 2.11. The quantitative estimate of drug-likeness (QED) is 0.497. The van der Waals surface area contributed by atoms with Crippen molar-refractivity contribution in [1.29, 1.82) is 0 Å². The van der Waals surface area contributed by atoms with Crippen molar-refractivity contribution < 1.29 is 19.4 Å². The monoisotopic (exact) mass is 333 g/mol. The molecule has 0 saturated carbocycles. The van der Waals surface area contributed by atoms with Crippen LogP contribution in [0.25, 0.3) is 10.9 Å². The maximum Gasteiger partial charge on any atom is 0.320 e. The Labute approximate surface area is 140 Å². The number of hydrogen-bond donors (Lipinski definition) is 3. The molecule has 24 heavy (non-hydrogen) atoms. The fourth-order valence-electron chi connectivity index (χ4n) is 2.42. The molecule has 0 aliphatic carbocycles. The van der Waals surface area contributed by atoms with Gasteiger partial charge in [-0.3, -0.25) is 9.59 Å². The van der Waals surface area contributed by atoms with E-state index in [-0.39, 0.29) is 12.8 Å². The molecule has 0 bridgehead atoms. The van der Waals surface area contributed by atoms with Crippen LogP contribution in [0.15, 0.2) is 24.4 Å². The summed E-state index contributed by atoms with van der Waals surface area (Å²) in [6, 6.07) is 4.41. The van der Waals surface area contributed by atoms with Crippen molar-refractivity contribution in [3.8, 4) is 5.75 Å². The number of nitrogens with zero attached hydrogens (tertiary/aromatic N) is 1. The maximum atomic E-state index is 12.0. The predicted octanol–water partition coefficient (Wildman–Crippen LogP) is 1.37. The van der Waals surface area contributed by atoms with Gasteiger partial charge in [0.2, 0.25) is 0 Å². The Morgan fingerprint density at radius 2 is 2.12 bits per heavy atom. The van der Waals surface area contributed by atoms with Crippen LogP contribution in [-0.4, -0.2) is 53.6 Å². The van der Waals surface area contributed by atoms with Crippen LogP contribution in [0, 0.1) is 0 Å². The zero-order chi connectivity index (χ0) is 17.7. The summed E-state index contributed by atoms with van der Waals surface area (Å²) in [6.45, 7) is 0.878. The van der Waals surface area contributed by atoms with Gasteiger partial charge in [-0.15, -0.1) is 0 Å². The molecule has 0 spiro atoms. The van der Waals surface area contributed by atoms with E-state index in [1.807, 2.05) is 26.4 Å². The van der Waals surface area contributed by atoms with Gasteiger partial charge in [-0.2, -0.15) is 0 Å². The van der Waals surface area contributed by atoms with E-state index in [2.05, 4.69) is 9.88 Å². The molecule has 130 valence electrons. The normalized spacial score (nSPS) is 12.5. The number of aromatic nitrogens is 1. The molecule has 1 aromatic carbocycles. The zero-order valence-electron chi connectivity index (χ0n) is 13.9. The molecular formula is C17H23N3O4. The van der Waals surface area contributed by atoms with Gasteiger partial charge in [0, 0.05) is 30.1 Å². The van der Waals surface area contributed by atoms with Crippen molar-refractivity contribution in [2.45, 2.75) is 25.3 Å². The number of carbonyl (C=O) groups is 2. The lowest BCUT2D eigenvalue weighted by atomic mass is 10.1. The molecule has 1 unspecified atom stereocenters. The van der Waals surface area contributed by atoms with E-state index in [4.69, 9.17) is 15.6 Å². The second-order valence-electron chi connectivity index (χ2n) is 6.00. The minimum Gasteiger partial charge on any atom is -0.480 e. The van der Waals surface area contributed by atoms with Gasteiger partial charge >= 0.3 is 11.9 Å². The van der Waals surface area contributed by atoms with Crippen LogP contribution in [0.3, 0.4) is 0 Å². The molecule has 0 aliphatic rings. The van der Waals surface area contributed by atoms with E-state index in [9.17, 15) is 9.59 Å². The van der Waals surface area contributed by atoms with Crippen LogP contribution in [0.5, 0.6) is 5.75 Å². The lowest BCUT2D eigenvalue weighted by Crippen LogP contribution is -2.31. The van der Waals surface area contributed by atoms with Gasteiger partial charge in [-0.1, -0.05) is 6.07 Å². The van der Waals surface area contributed by atoms with Gasteiger partial charge in [0.25, 0.3) is 0 Å². The van der Waals surface area contributed by atoms with Crippen LogP contribution in [0.2, 0.25) is 0 Å². The summed E-state index contributed by atoms with van der Waals surface area (Å²) in [4.78, 5) is 28.0. The van der Waals surface area contributed by atoms with Crippen molar-refractivity contribution in [3.63, 3.8) is 0 Å². The van der Waals surface area contributed by atoms with Gasteiger partial charge in [0.15, 0.2) is 0 Å². The number of carbonyl (C=O) groups excluding carboxylic acids is 1. The van der Waals surface area contributed by atoms with E-state index in [0.717, 1.165) is 29.4 Å². The highest BCUT2D eigenvalue weighted by Crippen LogP contribution is 2.29. The summed E-state index contributed by atoms with van der Waals surface area (Å²) in [5.74, 6) is -1.13. The Kier molecular flexibility index (Phi) is 5.94. The van der Waals surface area contributed by atoms with Crippen LogP contribution >= 0.6 is 0 Å². The number of aromatic amines is 1. The SMILES string of the molecule is CN(C)CCc1c[nH]c2cccc(OC(=O)CCC(N)C(=O)O)c12. The Morgan fingerprint density at radius 1 is 1.38 bits per heavy atom. The predicted molar refractivity (Wildman–Crippen MR) is 91.0 cm³/mol. The van der Waals surface area contributed by atoms with E-state index in [1.165, 1.54) is 0 Å². The largest absolute Gasteiger partial charge is 0.480 e. The Bertz CT molecular complexity index is 724. The van der Waals surface area contributed by atoms with Crippen molar-refractivity contribution in [2.24, 2.45) is 5.73 Å². The van der Waals surface area contributed by atoms with Gasteiger partial charge in [-0.25, -0.2) is 0 Å². The summed E-state index contributed by atoms with van der Waals surface area (Å²) in [5.41, 5.74) is 7.38. The third-order valence-electron chi connectivity index (χ3n) is 3.78. The highest BCUT2D eigenvalue weighted by molar-refractivity contribution is 5.91. The molecule has 7 heteroatoms. The molecule has 0 aliphatic heterocycles. The third-order valence-corrected chi connectivity index (χ3v) is 3.78. The highest BCUT2D eigenvalue weighted by Gasteiger charge is 2.16. The second-order valence-corrected chi connectivity index (χ2v) is 6.00. The maximum absolute atomic E-state index is 12.0. The van der Waals surface area contributed by atoms with Gasteiger partial charge < -0.3 is 25.5 Å². The molecule has 0 radical (unpaired) electrons. The van der Waals surface area contributed by atoms with Crippen molar-refractivity contribution in [1.82, 2.24) is 9.88 Å². The van der Waals surface area contributed by atoms with Gasteiger partial charge in [0.05, 0.1) is 0 Å². The average molecular weight is 333 g/mol. The standard InChI is InChI=1S/C17H23N3O4/c1-20(2)9-8-11-10-19-13-4-3-5-14(16(11)13)24-15(21)7-6-12(18)17(22)23/h3-5,10,12,19H,6-9,18H2,1-2H3,(H,22,23). The number of carboxylic acids is 1. The van der Waals surface area contributed by atoms with E-state index in [0.29, 0.717) is 5.75 Å². The molecule has 0 saturated heterocycles. The third kappa shape index (κ3) is 4.56. The summed E-state index contributed by atoms with van der Waals surface area (Å²) >= 11 is 0. The first-order valence-corrected chi connectivity index (χ1v) is 7.81. The first kappa shape index (κ1) is 18.0. The molecule has 2 rings (SSSR count). The molecular weight excluding hydrogens is 310 g/mol. The minimum atomic E-state index is -1.12. The van der Waals surface area contributed by atoms with Gasteiger partial charge in [-0.05, 0) is 44.6 Å². The number of ether oxygens (including phenoxy) is 1. The topological polar surface area (TPSA) is 109 Å². The number of likely N-dealkylation sites (N-methyl/N-ethyl adjacent to an activating group) is 1. The van der Waals surface area contributed by atoms with Crippen LogP contribution in [0.1, 0.15) is 18.4 Å². The van der Waals surface area contributed by atoms with Crippen LogP contribution in [-0.2, 0) is 16.0 Å². The number of nitrogens with two attached hydrogens (primary N) is 1. The number of fused-ring (bicyclic) bond motifs is 1. The first-order chi connectivity index (χ1) is 11.4. The summed E-state index contributed by atoms with van der Waals surface area (Å²) in [5, 5.41) is 9.64. The van der Waals surface area contributed by atoms with E-state index < -0.39 is 18.0 Å². The number of nitrogens with one attached hydrogen (secondary N) is 1. The van der Waals surface area contributed by atoms with Crippen molar-refractivity contribution >= 4 is 22.8 Å². The Hall–Kier alpha value is -2.38. The molecule has 4 N–H and O–H groups in total. The minimum absolute atomic E-state index is 0.0404. The number of aliphatic carboxylic acids is 1. The van der Waals surface area contributed by atoms with E-state index >= 15 is 0 Å². The molecule has 2 aromatic rings. The summed E-state index contributed by atoms with van der Waals surface area (Å²) in [7, 11) is 4.00. The summed E-state index contributed by atoms with van der Waals surface area (Å²) in [6.07, 6.45) is 2.75. The van der Waals surface area contributed by atoms with Crippen LogP contribution in [0.4, 0.5) is 0 Å². The fraction of sp³-hybridized carbons (Fsp3) is 0.412. The molecule has 1 aromatic heterocycles. The number of rotatable bonds is 8. The number of H-pyrrole nitrogens is 1. The highest BCUT2D eigenvalue weighted by atomic mass is 16.5. The lowest BCUT2D eigenvalue weighted by molar-refractivity contribution is -0.139. The molecule has 1 heterocycles. The molecule has 1 atom stereocenters. The average Bonchev–Trinajstić information content (AvgIpc) is 2.94. The first-order valence-electron chi connectivity index (χ1n) is 7.81. The van der Waals surface area contributed by atoms with Crippen LogP contribution < -0.4 is 10.5 Å². The van der Waals surface area contributed by atoms with Gasteiger partial charge in [0.1, 0.15) is 11.8 Å². The van der Waals surface area contributed by atoms with Crippen molar-refractivity contribution in [3.05, 3.63) is 30.0 Å². The molecule has 0 amide bonds. The number of esters is 1. The summed E-state index contributed by atoms with van der Waals surface area (Å²) < 4.78 is 5.44. The molecule has 7 nitrogen and oxygen atoms in total. The zero-order valence-corrected chi connectivity index (χ0v) is 13.9.